The molecule has 0 aromatic heterocycles. The Hall–Kier alpha value is -2.72. The molecular weight excluding hydrogens is 432 g/mol. The van der Waals surface area contributed by atoms with Gasteiger partial charge in [0, 0.05) is 30.4 Å². The minimum Gasteiger partial charge on any atom is -0.494 e. The van der Waals surface area contributed by atoms with Gasteiger partial charge < -0.3 is 4.74 Å². The van der Waals surface area contributed by atoms with E-state index in [-0.39, 0.29) is 55.7 Å². The van der Waals surface area contributed by atoms with E-state index in [1.807, 2.05) is 13.8 Å². The van der Waals surface area contributed by atoms with E-state index in [0.717, 1.165) is 15.6 Å². The zero-order chi connectivity index (χ0) is 23.9. The molecule has 174 valence electrons. The molecule has 1 aliphatic rings. The Morgan fingerprint density at radius 3 is 2.34 bits per heavy atom. The summed E-state index contributed by atoms with van der Waals surface area (Å²) in [6.45, 7) is 5.56. The molecule has 1 aliphatic heterocycles. The second-order valence-electron chi connectivity index (χ2n) is 8.30. The molecule has 2 N–H and O–H groups in total. The highest BCUT2D eigenvalue weighted by Crippen LogP contribution is 2.18. The van der Waals surface area contributed by atoms with Crippen molar-refractivity contribution in [2.45, 2.75) is 57.6 Å². The van der Waals surface area contributed by atoms with Crippen molar-refractivity contribution in [3.63, 3.8) is 0 Å². The molecule has 1 fully saturated rings. The summed E-state index contributed by atoms with van der Waals surface area (Å²) >= 11 is 4.33. The van der Waals surface area contributed by atoms with Crippen molar-refractivity contribution in [2.75, 3.05) is 13.2 Å². The molecule has 0 unspecified atom stereocenters. The first-order chi connectivity index (χ1) is 15.0. The maximum atomic E-state index is 12.1. The Morgan fingerprint density at radius 2 is 1.78 bits per heavy atom. The van der Waals surface area contributed by atoms with Crippen molar-refractivity contribution >= 4 is 41.8 Å². The van der Waals surface area contributed by atoms with Gasteiger partial charge in [-0.25, -0.2) is 5.84 Å². The summed E-state index contributed by atoms with van der Waals surface area (Å²) in [4.78, 5) is 48.2. The number of nitrogens with two attached hydrogens (primary N) is 1. The van der Waals surface area contributed by atoms with E-state index in [2.05, 4.69) is 17.7 Å². The Balaban J connectivity index is 1.77. The van der Waals surface area contributed by atoms with Crippen LogP contribution in [-0.4, -0.2) is 57.1 Å². The Kier molecular flexibility index (Phi) is 8.97. The van der Waals surface area contributed by atoms with Crippen molar-refractivity contribution in [2.24, 2.45) is 10.9 Å². The van der Waals surface area contributed by atoms with E-state index in [1.54, 1.807) is 31.2 Å². The Bertz CT molecular complexity index is 877. The van der Waals surface area contributed by atoms with Gasteiger partial charge in [0.15, 0.2) is 5.78 Å². The number of hydrogen-bond acceptors (Lipinski definition) is 8. The van der Waals surface area contributed by atoms with E-state index in [1.165, 1.54) is 0 Å². The van der Waals surface area contributed by atoms with Crippen LogP contribution in [0.1, 0.15) is 58.4 Å². The molecule has 2 rings (SSSR count). The highest BCUT2D eigenvalue weighted by atomic mass is 32.1. The van der Waals surface area contributed by atoms with Crippen LogP contribution in [0.25, 0.3) is 0 Å². The van der Waals surface area contributed by atoms with Gasteiger partial charge in [-0.05, 0) is 43.2 Å². The number of nitrogens with zero attached hydrogens (tertiary/aromatic N) is 3. The van der Waals surface area contributed by atoms with E-state index < -0.39 is 4.75 Å². The fourth-order valence-electron chi connectivity index (χ4n) is 3.03. The summed E-state index contributed by atoms with van der Waals surface area (Å²) in [5, 5.41) is 4.95. The van der Waals surface area contributed by atoms with Crippen LogP contribution in [-0.2, 0) is 19.2 Å². The molecule has 32 heavy (non-hydrogen) atoms. The van der Waals surface area contributed by atoms with Gasteiger partial charge in [-0.2, -0.15) is 22.8 Å². The van der Waals surface area contributed by atoms with Gasteiger partial charge in [-0.15, -0.1) is 0 Å². The fourth-order valence-corrected chi connectivity index (χ4v) is 3.17. The highest BCUT2D eigenvalue weighted by molar-refractivity contribution is 7.81. The number of thiol groups is 1. The van der Waals surface area contributed by atoms with Gasteiger partial charge in [0.25, 0.3) is 5.91 Å². The summed E-state index contributed by atoms with van der Waals surface area (Å²) in [5.74, 6) is 5.28. The number of carbonyl (C=O) groups excluding carboxylic acids is 4. The molecule has 0 spiro atoms. The van der Waals surface area contributed by atoms with Crippen molar-refractivity contribution in [1.29, 1.82) is 0 Å². The van der Waals surface area contributed by atoms with Gasteiger partial charge >= 0.3 is 0 Å². The molecule has 0 atom stereocenters. The number of carbonyl (C=O) groups is 4. The second-order valence-corrected chi connectivity index (χ2v) is 9.51. The second kappa shape index (κ2) is 11.2. The monoisotopic (exact) mass is 462 g/mol. The number of likely N-dealkylation sites (tertiary alicyclic amines) is 1. The summed E-state index contributed by atoms with van der Waals surface area (Å²) in [6.07, 6.45) is 1.22. The van der Waals surface area contributed by atoms with E-state index in [9.17, 15) is 19.2 Å². The minimum atomic E-state index is -0.481. The number of benzene rings is 1. The van der Waals surface area contributed by atoms with Crippen LogP contribution in [0, 0.1) is 0 Å². The van der Waals surface area contributed by atoms with Crippen LogP contribution >= 0.6 is 12.6 Å². The van der Waals surface area contributed by atoms with E-state index in [4.69, 9.17) is 10.6 Å². The third kappa shape index (κ3) is 8.08. The third-order valence-corrected chi connectivity index (χ3v) is 4.89. The lowest BCUT2D eigenvalue weighted by Crippen LogP contribution is -2.36. The Morgan fingerprint density at radius 1 is 1.19 bits per heavy atom. The van der Waals surface area contributed by atoms with E-state index >= 15 is 0 Å². The molecule has 1 aromatic carbocycles. The standard InChI is InChI=1S/C22H30N4O5S/c1-15(24-26(23)21(30)13-22(2,3)32)16-6-8-18(9-7-16)31-12-4-5-17(27)14-25-19(28)10-11-20(25)29/h6-9,32H,4-5,10-14,23H2,1-3H3/b24-15+. The molecule has 0 aliphatic carbocycles. The lowest BCUT2D eigenvalue weighted by Gasteiger charge is -2.19. The first-order valence-electron chi connectivity index (χ1n) is 10.4. The molecule has 9 nitrogen and oxygen atoms in total. The molecule has 0 radical (unpaired) electrons. The van der Waals surface area contributed by atoms with Crippen LogP contribution in [0.15, 0.2) is 29.4 Å². The zero-order valence-electron chi connectivity index (χ0n) is 18.7. The van der Waals surface area contributed by atoms with Crippen LogP contribution < -0.4 is 10.6 Å². The Labute approximate surface area is 193 Å². The van der Waals surface area contributed by atoms with Gasteiger partial charge in [0.2, 0.25) is 11.8 Å². The molecule has 1 heterocycles. The molecule has 10 heteroatoms. The van der Waals surface area contributed by atoms with Crippen LogP contribution in [0.3, 0.4) is 0 Å². The van der Waals surface area contributed by atoms with E-state index in [0.29, 0.717) is 24.5 Å². The molecule has 0 saturated carbocycles. The smallest absolute Gasteiger partial charge is 0.258 e. The molecular formula is C22H30N4O5S. The summed E-state index contributed by atoms with van der Waals surface area (Å²) < 4.78 is 5.16. The molecule has 0 bridgehead atoms. The number of Topliss-reactive ketones (excluding diaryl/α,β-unsaturated/α-hetero) is 1. The summed E-state index contributed by atoms with van der Waals surface area (Å²) in [5.41, 5.74) is 1.35. The lowest BCUT2D eigenvalue weighted by atomic mass is 10.1. The first kappa shape index (κ1) is 25.5. The van der Waals surface area contributed by atoms with Crippen molar-refractivity contribution in [3.8, 4) is 5.75 Å². The summed E-state index contributed by atoms with van der Waals surface area (Å²) in [6, 6.07) is 7.12. The van der Waals surface area contributed by atoms with Gasteiger partial charge in [0.1, 0.15) is 5.75 Å². The number of imide groups is 1. The lowest BCUT2D eigenvalue weighted by molar-refractivity contribution is -0.141. The fraction of sp³-hybridized carbons (Fsp3) is 0.500. The normalized spacial score (nSPS) is 14.7. The number of hydrogen-bond donors (Lipinski definition) is 2. The van der Waals surface area contributed by atoms with Crippen LogP contribution in [0.5, 0.6) is 5.75 Å². The number of hydrazine groups is 1. The van der Waals surface area contributed by atoms with Crippen molar-refractivity contribution in [3.05, 3.63) is 29.8 Å². The SMILES string of the molecule is C/C(=N\N(N)C(=O)CC(C)(C)S)c1ccc(OCCCC(=O)CN2C(=O)CCC2=O)cc1. The molecule has 3 amide bonds. The number of hydrazone groups is 1. The number of rotatable bonds is 11. The quantitative estimate of drug-likeness (QED) is 0.0988. The molecule has 1 aromatic rings. The number of ether oxygens (including phenoxy) is 1. The van der Waals surface area contributed by atoms with Crippen LogP contribution in [0.2, 0.25) is 0 Å². The minimum absolute atomic E-state index is 0.156. The summed E-state index contributed by atoms with van der Waals surface area (Å²) in [7, 11) is 0. The topological polar surface area (TPSA) is 122 Å². The largest absolute Gasteiger partial charge is 0.494 e. The average molecular weight is 463 g/mol. The van der Waals surface area contributed by atoms with Crippen molar-refractivity contribution in [1.82, 2.24) is 10.0 Å². The maximum Gasteiger partial charge on any atom is 0.258 e. The zero-order valence-corrected chi connectivity index (χ0v) is 19.6. The highest BCUT2D eigenvalue weighted by Gasteiger charge is 2.30. The van der Waals surface area contributed by atoms with Crippen molar-refractivity contribution < 1.29 is 23.9 Å². The maximum absolute atomic E-state index is 12.1. The average Bonchev–Trinajstić information content (AvgIpc) is 3.02. The van der Waals surface area contributed by atoms with Crippen LogP contribution in [0.4, 0.5) is 0 Å². The first-order valence-corrected chi connectivity index (χ1v) is 10.8. The molecule has 1 saturated heterocycles. The number of ketones is 1. The van der Waals surface area contributed by atoms with Gasteiger partial charge in [-0.3, -0.25) is 24.1 Å². The van der Waals surface area contributed by atoms with Gasteiger partial charge in [-0.1, -0.05) is 13.8 Å². The number of amides is 3. The predicted molar refractivity (Wildman–Crippen MR) is 123 cm³/mol. The predicted octanol–water partition coefficient (Wildman–Crippen LogP) is 2.09. The third-order valence-electron chi connectivity index (χ3n) is 4.73. The van der Waals surface area contributed by atoms with Gasteiger partial charge in [0.05, 0.1) is 18.9 Å².